The molecule has 106 valence electrons. The summed E-state index contributed by atoms with van der Waals surface area (Å²) in [5.41, 5.74) is 7.38. The molecule has 0 amide bonds. The van der Waals surface area contributed by atoms with Crippen LogP contribution in [0.4, 0.5) is 0 Å². The first kappa shape index (κ1) is 15.3. The molecule has 2 rings (SSSR count). The second-order valence-electron chi connectivity index (χ2n) is 4.36. The monoisotopic (exact) mass is 353 g/mol. The molecular formula is C14H16BrN3OS. The standard InChI is InChI=1S/C14H16BrN3OS/c1-2-3-10-7-13(19)18-14(17-10)20-12-5-4-9(8-16)6-11(12)15/h4-7H,2-3,8,16H2,1H3,(H,17,18,19). The lowest BCUT2D eigenvalue weighted by Crippen LogP contribution is -2.09. The third-order valence-corrected chi connectivity index (χ3v) is 4.60. The molecule has 0 unspecified atom stereocenters. The Hall–Kier alpha value is -1.11. The van der Waals surface area contributed by atoms with E-state index in [1.54, 1.807) is 6.07 Å². The minimum absolute atomic E-state index is 0.111. The van der Waals surface area contributed by atoms with Crippen LogP contribution in [0.5, 0.6) is 0 Å². The number of aryl methyl sites for hydroxylation is 1. The van der Waals surface area contributed by atoms with Crippen molar-refractivity contribution in [1.29, 1.82) is 0 Å². The molecule has 0 fully saturated rings. The molecule has 0 radical (unpaired) electrons. The molecule has 0 atom stereocenters. The summed E-state index contributed by atoms with van der Waals surface area (Å²) in [6, 6.07) is 7.49. The highest BCUT2D eigenvalue weighted by Crippen LogP contribution is 2.31. The van der Waals surface area contributed by atoms with Gasteiger partial charge in [0.25, 0.3) is 5.56 Å². The van der Waals surface area contributed by atoms with E-state index in [4.69, 9.17) is 5.73 Å². The Morgan fingerprint density at radius 2 is 2.20 bits per heavy atom. The number of rotatable bonds is 5. The van der Waals surface area contributed by atoms with Gasteiger partial charge in [0, 0.05) is 27.7 Å². The molecule has 4 nitrogen and oxygen atoms in total. The van der Waals surface area contributed by atoms with E-state index in [1.807, 2.05) is 18.2 Å². The Morgan fingerprint density at radius 1 is 1.40 bits per heavy atom. The highest BCUT2D eigenvalue weighted by molar-refractivity contribution is 9.10. The molecule has 3 N–H and O–H groups in total. The molecule has 2 aromatic rings. The van der Waals surface area contributed by atoms with E-state index in [0.29, 0.717) is 11.7 Å². The van der Waals surface area contributed by atoms with Crippen molar-refractivity contribution in [2.45, 2.75) is 36.4 Å². The quantitative estimate of drug-likeness (QED) is 0.810. The van der Waals surface area contributed by atoms with Crippen LogP contribution in [0.25, 0.3) is 0 Å². The average molecular weight is 354 g/mol. The van der Waals surface area contributed by atoms with Crippen molar-refractivity contribution in [2.24, 2.45) is 5.73 Å². The number of aromatic amines is 1. The summed E-state index contributed by atoms with van der Waals surface area (Å²) in [7, 11) is 0. The van der Waals surface area contributed by atoms with E-state index >= 15 is 0 Å². The van der Waals surface area contributed by atoms with E-state index in [2.05, 4.69) is 32.8 Å². The number of nitrogens with zero attached hydrogens (tertiary/aromatic N) is 1. The van der Waals surface area contributed by atoms with Crippen molar-refractivity contribution >= 4 is 27.7 Å². The van der Waals surface area contributed by atoms with Gasteiger partial charge >= 0.3 is 0 Å². The minimum atomic E-state index is -0.111. The Bertz CT molecular complexity index is 657. The number of hydrogen-bond acceptors (Lipinski definition) is 4. The van der Waals surface area contributed by atoms with Crippen molar-refractivity contribution in [3.05, 3.63) is 50.3 Å². The summed E-state index contributed by atoms with van der Waals surface area (Å²) in [6.07, 6.45) is 1.78. The summed E-state index contributed by atoms with van der Waals surface area (Å²) in [6.45, 7) is 2.57. The number of halogens is 1. The maximum Gasteiger partial charge on any atom is 0.251 e. The zero-order valence-corrected chi connectivity index (χ0v) is 13.6. The molecule has 0 aliphatic carbocycles. The fourth-order valence-corrected chi connectivity index (χ4v) is 3.26. The van der Waals surface area contributed by atoms with Gasteiger partial charge in [-0.05, 0) is 40.0 Å². The molecule has 20 heavy (non-hydrogen) atoms. The third kappa shape index (κ3) is 3.94. The predicted octanol–water partition coefficient (Wildman–Crippen LogP) is 3.09. The summed E-state index contributed by atoms with van der Waals surface area (Å²) in [5, 5.41) is 0.613. The van der Waals surface area contributed by atoms with Gasteiger partial charge in [0.05, 0.1) is 0 Å². The second-order valence-corrected chi connectivity index (χ2v) is 6.25. The molecule has 0 aliphatic heterocycles. The van der Waals surface area contributed by atoms with Gasteiger partial charge in [0.15, 0.2) is 5.16 Å². The lowest BCUT2D eigenvalue weighted by molar-refractivity contribution is 0.816. The van der Waals surface area contributed by atoms with Crippen LogP contribution in [0.2, 0.25) is 0 Å². The summed E-state index contributed by atoms with van der Waals surface area (Å²) in [5.74, 6) is 0. The van der Waals surface area contributed by atoms with Crippen LogP contribution in [0.3, 0.4) is 0 Å². The molecule has 1 aromatic heterocycles. The maximum absolute atomic E-state index is 11.6. The van der Waals surface area contributed by atoms with E-state index in [9.17, 15) is 4.79 Å². The minimum Gasteiger partial charge on any atom is -0.326 e. The number of aromatic nitrogens is 2. The van der Waals surface area contributed by atoms with Crippen LogP contribution < -0.4 is 11.3 Å². The van der Waals surface area contributed by atoms with Gasteiger partial charge in [-0.1, -0.05) is 31.2 Å². The van der Waals surface area contributed by atoms with Crippen LogP contribution in [-0.2, 0) is 13.0 Å². The van der Waals surface area contributed by atoms with Gasteiger partial charge in [-0.3, -0.25) is 4.79 Å². The molecule has 6 heteroatoms. The first-order valence-corrected chi connectivity index (χ1v) is 8.00. The number of nitrogens with one attached hydrogen (secondary N) is 1. The van der Waals surface area contributed by atoms with Crippen LogP contribution in [-0.4, -0.2) is 9.97 Å². The van der Waals surface area contributed by atoms with Gasteiger partial charge in [0.1, 0.15) is 0 Å². The number of benzene rings is 1. The van der Waals surface area contributed by atoms with E-state index < -0.39 is 0 Å². The highest BCUT2D eigenvalue weighted by atomic mass is 79.9. The Morgan fingerprint density at radius 3 is 2.85 bits per heavy atom. The normalized spacial score (nSPS) is 10.8. The highest BCUT2D eigenvalue weighted by Gasteiger charge is 2.07. The fraction of sp³-hybridized carbons (Fsp3) is 0.286. The largest absolute Gasteiger partial charge is 0.326 e. The number of nitrogens with two attached hydrogens (primary N) is 1. The van der Waals surface area contributed by atoms with E-state index in [-0.39, 0.29) is 5.56 Å². The SMILES string of the molecule is CCCc1cc(=O)[nH]c(Sc2ccc(CN)cc2Br)n1. The van der Waals surface area contributed by atoms with Crippen LogP contribution in [0.15, 0.2) is 43.6 Å². The predicted molar refractivity (Wildman–Crippen MR) is 85.0 cm³/mol. The maximum atomic E-state index is 11.6. The topological polar surface area (TPSA) is 71.8 Å². The lowest BCUT2D eigenvalue weighted by atomic mass is 10.2. The molecule has 0 aliphatic rings. The lowest BCUT2D eigenvalue weighted by Gasteiger charge is -2.06. The van der Waals surface area contributed by atoms with Gasteiger partial charge in [-0.2, -0.15) is 0 Å². The van der Waals surface area contributed by atoms with Crippen molar-refractivity contribution in [3.63, 3.8) is 0 Å². The first-order chi connectivity index (χ1) is 9.62. The molecule has 1 heterocycles. The van der Waals surface area contributed by atoms with Crippen molar-refractivity contribution in [2.75, 3.05) is 0 Å². The Labute approximate surface area is 130 Å². The van der Waals surface area contributed by atoms with Crippen molar-refractivity contribution in [1.82, 2.24) is 9.97 Å². The first-order valence-electron chi connectivity index (χ1n) is 6.39. The van der Waals surface area contributed by atoms with Gasteiger partial charge in [0.2, 0.25) is 0 Å². The van der Waals surface area contributed by atoms with Crippen LogP contribution >= 0.6 is 27.7 Å². The fourth-order valence-electron chi connectivity index (χ4n) is 1.77. The van der Waals surface area contributed by atoms with Gasteiger partial charge < -0.3 is 10.7 Å². The molecule has 0 saturated heterocycles. The zero-order valence-electron chi connectivity index (χ0n) is 11.1. The van der Waals surface area contributed by atoms with Crippen LogP contribution in [0.1, 0.15) is 24.6 Å². The van der Waals surface area contributed by atoms with E-state index in [0.717, 1.165) is 33.5 Å². The number of hydrogen-bond donors (Lipinski definition) is 2. The summed E-state index contributed by atoms with van der Waals surface area (Å²) < 4.78 is 0.953. The molecule has 0 spiro atoms. The van der Waals surface area contributed by atoms with Crippen molar-refractivity contribution < 1.29 is 0 Å². The molecule has 0 saturated carbocycles. The van der Waals surface area contributed by atoms with Crippen molar-refractivity contribution in [3.8, 4) is 0 Å². The Balaban J connectivity index is 2.27. The molecule has 0 bridgehead atoms. The van der Waals surface area contributed by atoms with Gasteiger partial charge in [-0.15, -0.1) is 0 Å². The number of H-pyrrole nitrogens is 1. The molecule has 1 aromatic carbocycles. The van der Waals surface area contributed by atoms with Gasteiger partial charge in [-0.25, -0.2) is 4.98 Å². The zero-order chi connectivity index (χ0) is 14.5. The third-order valence-electron chi connectivity index (χ3n) is 2.72. The molecular weight excluding hydrogens is 338 g/mol. The Kier molecular flexibility index (Phi) is 5.39. The second kappa shape index (κ2) is 7.06. The van der Waals surface area contributed by atoms with E-state index in [1.165, 1.54) is 11.8 Å². The van der Waals surface area contributed by atoms with Crippen LogP contribution in [0, 0.1) is 0 Å². The summed E-state index contributed by atoms with van der Waals surface area (Å²) >= 11 is 4.95. The smallest absolute Gasteiger partial charge is 0.251 e. The summed E-state index contributed by atoms with van der Waals surface area (Å²) in [4.78, 5) is 19.8. The average Bonchev–Trinajstić information content (AvgIpc) is 2.41.